The Balaban J connectivity index is 1.62. The number of hydrogen-bond donors (Lipinski definition) is 2. The highest BCUT2D eigenvalue weighted by Crippen LogP contribution is 2.38. The Morgan fingerprint density at radius 1 is 1.00 bits per heavy atom. The van der Waals surface area contributed by atoms with E-state index >= 15 is 0 Å². The van der Waals surface area contributed by atoms with Crippen molar-refractivity contribution in [3.05, 3.63) is 83.4 Å². The smallest absolute Gasteiger partial charge is 0.419 e. The number of amides is 5. The Morgan fingerprint density at radius 2 is 1.66 bits per heavy atom. The Labute approximate surface area is 247 Å². The molecule has 0 bridgehead atoms. The number of halogens is 5. The van der Waals surface area contributed by atoms with Crippen LogP contribution in [0.3, 0.4) is 0 Å². The van der Waals surface area contributed by atoms with E-state index in [0.717, 1.165) is 35.1 Å². The molecule has 0 saturated carbocycles. The molecule has 3 aromatic carbocycles. The van der Waals surface area contributed by atoms with Gasteiger partial charge in [0, 0.05) is 17.1 Å². The number of alkyl halides is 3. The molecule has 10 nitrogen and oxygen atoms in total. The van der Waals surface area contributed by atoms with Crippen molar-refractivity contribution in [1.82, 2.24) is 4.90 Å². The molecule has 1 aliphatic heterocycles. The molecule has 4 rings (SSSR count). The number of ether oxygens (including phenoxy) is 1. The Hall–Kier alpha value is -5.21. The van der Waals surface area contributed by atoms with Gasteiger partial charge in [-0.3, -0.25) is 14.5 Å². The standard InChI is InChI=1S/C29H26F5N5O5/c1-28(2)25(41)39(20-10-11-22(31)21(13-20)29(32,33)34)27(43)38(28)14-16-4-5-17(30)12-23(16)36-18-6-8-19(9-7-18)37(26(35)42)15-24(40)44-3/h4-13,36H,14-15H2,1-3H3,(H2,35,42). The minimum absolute atomic E-state index is 0.190. The van der Waals surface area contributed by atoms with E-state index in [9.17, 15) is 41.1 Å². The molecule has 0 radical (unpaired) electrons. The van der Waals surface area contributed by atoms with Crippen LogP contribution in [0.2, 0.25) is 0 Å². The van der Waals surface area contributed by atoms with Crippen molar-refractivity contribution in [1.29, 1.82) is 0 Å². The molecule has 0 spiro atoms. The molecule has 1 aliphatic rings. The summed E-state index contributed by atoms with van der Waals surface area (Å²) in [6, 6.07) is 9.56. The molecular formula is C29H26F5N5O5. The molecule has 0 unspecified atom stereocenters. The third-order valence-corrected chi connectivity index (χ3v) is 6.98. The van der Waals surface area contributed by atoms with Gasteiger partial charge >= 0.3 is 24.2 Å². The first-order valence-electron chi connectivity index (χ1n) is 12.9. The fourth-order valence-electron chi connectivity index (χ4n) is 4.54. The van der Waals surface area contributed by atoms with Crippen molar-refractivity contribution in [2.24, 2.45) is 5.73 Å². The van der Waals surface area contributed by atoms with Gasteiger partial charge in [0.1, 0.15) is 23.7 Å². The van der Waals surface area contributed by atoms with E-state index in [1.165, 1.54) is 44.2 Å². The highest BCUT2D eigenvalue weighted by Gasteiger charge is 2.52. The van der Waals surface area contributed by atoms with Crippen LogP contribution in [-0.2, 0) is 27.0 Å². The molecule has 0 aliphatic carbocycles. The normalized spacial score (nSPS) is 14.5. The molecule has 3 aromatic rings. The fraction of sp³-hybridized carbons (Fsp3) is 0.241. The molecule has 1 heterocycles. The first-order chi connectivity index (χ1) is 20.5. The summed E-state index contributed by atoms with van der Waals surface area (Å²) in [6.07, 6.45) is -5.06. The lowest BCUT2D eigenvalue weighted by atomic mass is 10.0. The van der Waals surface area contributed by atoms with Crippen molar-refractivity contribution in [3.63, 3.8) is 0 Å². The van der Waals surface area contributed by atoms with Gasteiger partial charge in [0.25, 0.3) is 5.91 Å². The van der Waals surface area contributed by atoms with Gasteiger partial charge in [0.15, 0.2) is 0 Å². The number of imide groups is 1. The Morgan fingerprint density at radius 3 is 2.25 bits per heavy atom. The second-order valence-corrected chi connectivity index (χ2v) is 10.2. The summed E-state index contributed by atoms with van der Waals surface area (Å²) >= 11 is 0. The number of benzene rings is 3. The van der Waals surface area contributed by atoms with Gasteiger partial charge in [-0.15, -0.1) is 0 Å². The summed E-state index contributed by atoms with van der Waals surface area (Å²) in [5.41, 5.74) is 2.93. The number of carbonyl (C=O) groups is 4. The van der Waals surface area contributed by atoms with E-state index < -0.39 is 65.1 Å². The molecule has 44 heavy (non-hydrogen) atoms. The van der Waals surface area contributed by atoms with Crippen molar-refractivity contribution in [3.8, 4) is 0 Å². The van der Waals surface area contributed by atoms with Crippen LogP contribution < -0.4 is 20.9 Å². The molecule has 232 valence electrons. The van der Waals surface area contributed by atoms with Gasteiger partial charge in [0.2, 0.25) is 0 Å². The minimum atomic E-state index is -5.06. The van der Waals surface area contributed by atoms with Crippen molar-refractivity contribution >= 4 is 46.7 Å². The van der Waals surface area contributed by atoms with Gasteiger partial charge in [0.05, 0.1) is 24.9 Å². The number of nitrogens with one attached hydrogen (secondary N) is 1. The SMILES string of the molecule is COC(=O)CN(C(N)=O)c1ccc(Nc2cc(F)ccc2CN2C(=O)N(c3ccc(F)c(C(F)(F)F)c3)C(=O)C2(C)C)cc1. The van der Waals surface area contributed by atoms with E-state index in [1.54, 1.807) is 0 Å². The zero-order chi connectivity index (χ0) is 32.6. The Bertz CT molecular complexity index is 1630. The van der Waals surface area contributed by atoms with Crippen LogP contribution in [0.4, 0.5) is 54.3 Å². The van der Waals surface area contributed by atoms with E-state index in [2.05, 4.69) is 10.1 Å². The third-order valence-electron chi connectivity index (χ3n) is 6.98. The first kappa shape index (κ1) is 31.7. The molecule has 0 aromatic heterocycles. The van der Waals surface area contributed by atoms with E-state index in [4.69, 9.17) is 5.73 Å². The van der Waals surface area contributed by atoms with Crippen molar-refractivity contribution < 1.29 is 45.9 Å². The predicted molar refractivity (Wildman–Crippen MR) is 149 cm³/mol. The third kappa shape index (κ3) is 6.26. The summed E-state index contributed by atoms with van der Waals surface area (Å²) < 4.78 is 72.7. The molecule has 3 N–H and O–H groups in total. The van der Waals surface area contributed by atoms with Crippen LogP contribution >= 0.6 is 0 Å². The summed E-state index contributed by atoms with van der Waals surface area (Å²) in [6.45, 7) is 2.10. The number of anilines is 4. The number of primary amides is 1. The van der Waals surface area contributed by atoms with Gasteiger partial charge in [-0.25, -0.2) is 23.3 Å². The van der Waals surface area contributed by atoms with Gasteiger partial charge < -0.3 is 20.7 Å². The number of hydrogen-bond acceptors (Lipinski definition) is 6. The molecular weight excluding hydrogens is 593 g/mol. The van der Waals surface area contributed by atoms with Gasteiger partial charge in [-0.1, -0.05) is 6.07 Å². The van der Waals surface area contributed by atoms with Crippen LogP contribution in [0.5, 0.6) is 0 Å². The number of urea groups is 2. The number of nitrogens with zero attached hydrogens (tertiary/aromatic N) is 3. The lowest BCUT2D eigenvalue weighted by Gasteiger charge is -2.28. The number of carbonyl (C=O) groups excluding carboxylic acids is 4. The minimum Gasteiger partial charge on any atom is -0.468 e. The fourth-order valence-corrected chi connectivity index (χ4v) is 4.54. The van der Waals surface area contributed by atoms with Crippen LogP contribution in [-0.4, -0.2) is 48.0 Å². The monoisotopic (exact) mass is 619 g/mol. The molecule has 0 atom stereocenters. The topological polar surface area (TPSA) is 125 Å². The van der Waals surface area contributed by atoms with Gasteiger partial charge in [-0.05, 0) is 74.0 Å². The number of rotatable bonds is 8. The zero-order valence-corrected chi connectivity index (χ0v) is 23.5. The van der Waals surface area contributed by atoms with Crippen LogP contribution in [0.25, 0.3) is 0 Å². The summed E-state index contributed by atoms with van der Waals surface area (Å²) in [5, 5.41) is 2.99. The maximum Gasteiger partial charge on any atom is 0.419 e. The van der Waals surface area contributed by atoms with E-state index in [-0.39, 0.29) is 17.9 Å². The first-order valence-corrected chi connectivity index (χ1v) is 12.9. The average molecular weight is 620 g/mol. The second-order valence-electron chi connectivity index (χ2n) is 10.2. The van der Waals surface area contributed by atoms with Crippen LogP contribution in [0, 0.1) is 11.6 Å². The average Bonchev–Trinajstić information content (AvgIpc) is 3.11. The molecule has 1 fully saturated rings. The van der Waals surface area contributed by atoms with Crippen LogP contribution in [0.1, 0.15) is 25.0 Å². The second kappa shape index (κ2) is 11.8. The highest BCUT2D eigenvalue weighted by atomic mass is 19.4. The number of methoxy groups -OCH3 is 1. The maximum atomic E-state index is 14.3. The Kier molecular flexibility index (Phi) is 8.52. The number of nitrogens with two attached hydrogens (primary N) is 1. The highest BCUT2D eigenvalue weighted by molar-refractivity contribution is 6.23. The lowest BCUT2D eigenvalue weighted by molar-refractivity contribution is -0.140. The van der Waals surface area contributed by atoms with Crippen molar-refractivity contribution in [2.75, 3.05) is 28.8 Å². The lowest BCUT2D eigenvalue weighted by Crippen LogP contribution is -2.43. The van der Waals surface area contributed by atoms with Gasteiger partial charge in [-0.2, -0.15) is 13.2 Å². The van der Waals surface area contributed by atoms with E-state index in [1.807, 2.05) is 0 Å². The molecule has 15 heteroatoms. The molecule has 5 amide bonds. The van der Waals surface area contributed by atoms with E-state index in [0.29, 0.717) is 28.3 Å². The molecule has 1 saturated heterocycles. The largest absolute Gasteiger partial charge is 0.468 e. The quantitative estimate of drug-likeness (QED) is 0.194. The summed E-state index contributed by atoms with van der Waals surface area (Å²) in [4.78, 5) is 52.8. The number of esters is 1. The zero-order valence-electron chi connectivity index (χ0n) is 23.5. The van der Waals surface area contributed by atoms with Crippen molar-refractivity contribution in [2.45, 2.75) is 32.1 Å². The van der Waals surface area contributed by atoms with Crippen LogP contribution in [0.15, 0.2) is 60.7 Å². The predicted octanol–water partition coefficient (Wildman–Crippen LogP) is 5.53. The summed E-state index contributed by atoms with van der Waals surface area (Å²) in [7, 11) is 1.15. The summed E-state index contributed by atoms with van der Waals surface area (Å²) in [5.74, 6) is -3.74. The maximum absolute atomic E-state index is 14.3.